The summed E-state index contributed by atoms with van der Waals surface area (Å²) in [5, 5.41) is 0. The van der Waals surface area contributed by atoms with E-state index >= 15 is 0 Å². The molecule has 2 nitrogen and oxygen atoms in total. The first-order valence-electron chi connectivity index (χ1n) is 4.62. The lowest BCUT2D eigenvalue weighted by molar-refractivity contribution is 0.242. The van der Waals surface area contributed by atoms with Gasteiger partial charge in [-0.15, -0.1) is 0 Å². The lowest BCUT2D eigenvalue weighted by Crippen LogP contribution is -2.08. The van der Waals surface area contributed by atoms with E-state index in [9.17, 15) is 0 Å². The zero-order chi connectivity index (χ0) is 9.84. The first-order chi connectivity index (χ1) is 6.09. The Hall–Kier alpha value is -1.02. The SMILES string of the molecule is CC(C)Oc1cccc([C@H](C)N)c1. The molecular weight excluding hydrogens is 162 g/mol. The molecule has 72 valence electrons. The van der Waals surface area contributed by atoms with Crippen molar-refractivity contribution in [1.82, 2.24) is 0 Å². The topological polar surface area (TPSA) is 35.2 Å². The zero-order valence-electron chi connectivity index (χ0n) is 8.45. The molecule has 2 heteroatoms. The van der Waals surface area contributed by atoms with E-state index in [4.69, 9.17) is 10.5 Å². The molecule has 0 aliphatic heterocycles. The summed E-state index contributed by atoms with van der Waals surface area (Å²) in [6.45, 7) is 5.99. The van der Waals surface area contributed by atoms with E-state index in [0.29, 0.717) is 0 Å². The van der Waals surface area contributed by atoms with Gasteiger partial charge in [0, 0.05) is 6.04 Å². The molecule has 0 fully saturated rings. The van der Waals surface area contributed by atoms with Crippen LogP contribution in [0.4, 0.5) is 0 Å². The Morgan fingerprint density at radius 1 is 1.23 bits per heavy atom. The highest BCUT2D eigenvalue weighted by Crippen LogP contribution is 2.18. The van der Waals surface area contributed by atoms with E-state index in [1.165, 1.54) is 0 Å². The fraction of sp³-hybridized carbons (Fsp3) is 0.455. The van der Waals surface area contributed by atoms with Crippen LogP contribution in [0.15, 0.2) is 24.3 Å². The molecule has 1 rings (SSSR count). The average Bonchev–Trinajstić information content (AvgIpc) is 2.03. The maximum Gasteiger partial charge on any atom is 0.120 e. The van der Waals surface area contributed by atoms with Gasteiger partial charge in [0.25, 0.3) is 0 Å². The van der Waals surface area contributed by atoms with Crippen LogP contribution in [0, 0.1) is 0 Å². The normalized spacial score (nSPS) is 13.0. The third kappa shape index (κ3) is 3.07. The summed E-state index contributed by atoms with van der Waals surface area (Å²) < 4.78 is 5.55. The molecule has 0 saturated carbocycles. The van der Waals surface area contributed by atoms with Crippen LogP contribution in [-0.2, 0) is 0 Å². The molecule has 0 aromatic heterocycles. The minimum Gasteiger partial charge on any atom is -0.491 e. The summed E-state index contributed by atoms with van der Waals surface area (Å²) >= 11 is 0. The molecule has 1 atom stereocenters. The van der Waals surface area contributed by atoms with Crippen LogP contribution in [0.25, 0.3) is 0 Å². The molecule has 2 N–H and O–H groups in total. The molecule has 0 bridgehead atoms. The molecule has 0 unspecified atom stereocenters. The molecule has 0 radical (unpaired) electrons. The lowest BCUT2D eigenvalue weighted by Gasteiger charge is -2.12. The van der Waals surface area contributed by atoms with Gasteiger partial charge in [-0.25, -0.2) is 0 Å². The molecular formula is C11H17NO. The van der Waals surface area contributed by atoms with E-state index in [-0.39, 0.29) is 12.1 Å². The quantitative estimate of drug-likeness (QED) is 0.773. The Morgan fingerprint density at radius 3 is 2.46 bits per heavy atom. The van der Waals surface area contributed by atoms with Gasteiger partial charge in [-0.05, 0) is 38.5 Å². The maximum atomic E-state index is 5.76. The fourth-order valence-electron chi connectivity index (χ4n) is 1.14. The Balaban J connectivity index is 2.79. The van der Waals surface area contributed by atoms with Gasteiger partial charge in [-0.3, -0.25) is 0 Å². The minimum absolute atomic E-state index is 0.0655. The van der Waals surface area contributed by atoms with Crippen LogP contribution in [0.5, 0.6) is 5.75 Å². The van der Waals surface area contributed by atoms with Crippen LogP contribution < -0.4 is 10.5 Å². The van der Waals surface area contributed by atoms with Crippen molar-refractivity contribution in [2.45, 2.75) is 32.9 Å². The fourth-order valence-corrected chi connectivity index (χ4v) is 1.14. The monoisotopic (exact) mass is 179 g/mol. The molecule has 13 heavy (non-hydrogen) atoms. The van der Waals surface area contributed by atoms with E-state index in [0.717, 1.165) is 11.3 Å². The largest absolute Gasteiger partial charge is 0.491 e. The maximum absolute atomic E-state index is 5.76. The Kier molecular flexibility index (Phi) is 3.32. The smallest absolute Gasteiger partial charge is 0.120 e. The summed E-state index contributed by atoms with van der Waals surface area (Å²) in [5.41, 5.74) is 6.87. The van der Waals surface area contributed by atoms with Crippen LogP contribution in [0.2, 0.25) is 0 Å². The van der Waals surface area contributed by atoms with Crippen molar-refractivity contribution in [3.8, 4) is 5.75 Å². The molecule has 1 aromatic rings. The zero-order valence-corrected chi connectivity index (χ0v) is 8.45. The van der Waals surface area contributed by atoms with Crippen LogP contribution in [-0.4, -0.2) is 6.10 Å². The Labute approximate surface area is 79.7 Å². The highest BCUT2D eigenvalue weighted by molar-refractivity contribution is 5.30. The molecule has 0 saturated heterocycles. The van der Waals surface area contributed by atoms with Crippen LogP contribution in [0.1, 0.15) is 32.4 Å². The second-order valence-electron chi connectivity index (χ2n) is 3.53. The summed E-state index contributed by atoms with van der Waals surface area (Å²) in [6, 6.07) is 7.99. The van der Waals surface area contributed by atoms with Gasteiger partial charge in [0.1, 0.15) is 5.75 Å². The molecule has 0 spiro atoms. The van der Waals surface area contributed by atoms with Crippen LogP contribution in [0.3, 0.4) is 0 Å². The summed E-state index contributed by atoms with van der Waals surface area (Å²) in [5.74, 6) is 0.893. The number of nitrogens with two attached hydrogens (primary N) is 1. The van der Waals surface area contributed by atoms with Crippen molar-refractivity contribution in [2.75, 3.05) is 0 Å². The number of benzene rings is 1. The van der Waals surface area contributed by atoms with Crippen molar-refractivity contribution < 1.29 is 4.74 Å². The van der Waals surface area contributed by atoms with E-state index in [1.807, 2.05) is 45.0 Å². The van der Waals surface area contributed by atoms with Crippen molar-refractivity contribution in [2.24, 2.45) is 5.73 Å². The van der Waals surface area contributed by atoms with Crippen molar-refractivity contribution in [3.63, 3.8) is 0 Å². The van der Waals surface area contributed by atoms with Crippen molar-refractivity contribution >= 4 is 0 Å². The van der Waals surface area contributed by atoms with Gasteiger partial charge in [-0.2, -0.15) is 0 Å². The number of ether oxygens (including phenoxy) is 1. The van der Waals surface area contributed by atoms with Crippen LogP contribution >= 0.6 is 0 Å². The number of hydrogen-bond acceptors (Lipinski definition) is 2. The number of hydrogen-bond donors (Lipinski definition) is 1. The van der Waals surface area contributed by atoms with Gasteiger partial charge in [0.05, 0.1) is 6.10 Å². The summed E-state index contributed by atoms with van der Waals surface area (Å²) in [7, 11) is 0. The number of rotatable bonds is 3. The predicted molar refractivity (Wildman–Crippen MR) is 54.8 cm³/mol. The highest BCUT2D eigenvalue weighted by atomic mass is 16.5. The Morgan fingerprint density at radius 2 is 1.92 bits per heavy atom. The molecule has 0 aliphatic carbocycles. The van der Waals surface area contributed by atoms with Gasteiger partial charge in [0.2, 0.25) is 0 Å². The first kappa shape index (κ1) is 10.1. The predicted octanol–water partition coefficient (Wildman–Crippen LogP) is 2.49. The molecule has 0 aliphatic rings. The van der Waals surface area contributed by atoms with E-state index in [1.54, 1.807) is 0 Å². The van der Waals surface area contributed by atoms with E-state index in [2.05, 4.69) is 0 Å². The molecule has 1 aromatic carbocycles. The summed E-state index contributed by atoms with van der Waals surface area (Å²) in [4.78, 5) is 0. The van der Waals surface area contributed by atoms with Gasteiger partial charge in [-0.1, -0.05) is 12.1 Å². The standard InChI is InChI=1S/C11H17NO/c1-8(2)13-11-6-4-5-10(7-11)9(3)12/h4-9H,12H2,1-3H3/t9-/m0/s1. The van der Waals surface area contributed by atoms with E-state index < -0.39 is 0 Å². The lowest BCUT2D eigenvalue weighted by atomic mass is 10.1. The van der Waals surface area contributed by atoms with Gasteiger partial charge < -0.3 is 10.5 Å². The third-order valence-corrected chi connectivity index (χ3v) is 1.76. The first-order valence-corrected chi connectivity index (χ1v) is 4.62. The van der Waals surface area contributed by atoms with Crippen molar-refractivity contribution in [1.29, 1.82) is 0 Å². The second-order valence-corrected chi connectivity index (χ2v) is 3.53. The van der Waals surface area contributed by atoms with Gasteiger partial charge >= 0.3 is 0 Å². The third-order valence-electron chi connectivity index (χ3n) is 1.76. The highest BCUT2D eigenvalue weighted by Gasteiger charge is 2.01. The summed E-state index contributed by atoms with van der Waals surface area (Å²) in [6.07, 6.45) is 0.211. The van der Waals surface area contributed by atoms with Gasteiger partial charge in [0.15, 0.2) is 0 Å². The molecule has 0 heterocycles. The minimum atomic E-state index is 0.0655. The van der Waals surface area contributed by atoms with Crippen molar-refractivity contribution in [3.05, 3.63) is 29.8 Å². The average molecular weight is 179 g/mol. The Bertz CT molecular complexity index is 269. The molecule has 0 amide bonds. The second kappa shape index (κ2) is 4.28.